The van der Waals surface area contributed by atoms with E-state index in [0.717, 1.165) is 0 Å². The Kier molecular flexibility index (Phi) is 11.1. The molecule has 0 radical (unpaired) electrons. The highest BCUT2D eigenvalue weighted by Gasteiger charge is 2.61. The van der Waals surface area contributed by atoms with E-state index < -0.39 is 115 Å². The number of aliphatic imine (C=N–C) groups is 1. The molecule has 2 aliphatic carbocycles. The second-order valence-corrected chi connectivity index (χ2v) is 12.1. The van der Waals surface area contributed by atoms with Crippen molar-refractivity contribution in [3.05, 3.63) is 0 Å². The van der Waals surface area contributed by atoms with E-state index >= 15 is 0 Å². The van der Waals surface area contributed by atoms with Crippen LogP contribution < -0.4 is 39.3 Å². The van der Waals surface area contributed by atoms with E-state index in [-0.39, 0.29) is 25.3 Å². The van der Waals surface area contributed by atoms with Gasteiger partial charge >= 0.3 is 0 Å². The summed E-state index contributed by atoms with van der Waals surface area (Å²) in [5.41, 5.74) is 27.6. The van der Waals surface area contributed by atoms with Gasteiger partial charge in [0.1, 0.15) is 36.6 Å². The molecule has 0 spiro atoms. The number of nitrogens with one attached hydrogen (secondary N) is 2. The lowest BCUT2D eigenvalue weighted by atomic mass is 9.71. The van der Waals surface area contributed by atoms with E-state index in [4.69, 9.17) is 42.9 Å². The zero-order valence-electron chi connectivity index (χ0n) is 24.4. The summed E-state index contributed by atoms with van der Waals surface area (Å²) in [5.74, 6) is -2.23. The molecule has 0 aromatic heterocycles. The standard InChI is InChI=1S/C25H48N8O11/c1-2-31-5-9-16(36)18(38)14(28)21(42-9)12-7(26)3-8(32-23(40)25(41)4-11(25)33-24(29)30)20(17(12)37)44-22-19(39)13(27)15(35)10(6-34)43-22/h7-22,31,34-39,41H,2-6,26-28H2,1H3,(H,32,40)(H4,29,30,33)/t7-,8+,9+,10+,11?,12?,13-,14+,15+,16+,17-,18+,19+,20-,21+,22+,25?/m0/s1. The maximum atomic E-state index is 13.2. The number of nitrogens with zero attached hydrogens (tertiary/aromatic N) is 1. The number of nitrogens with two attached hydrogens (primary N) is 5. The SMILES string of the molecule is CCNC[C@H]1O[C@H](C2[C@@H](N)C[C@@H](NC(=O)C3(O)CC3N=C(N)N)[C@H](O[C@H]3O[C@H](CO)[C@@H](O)[C@H](N)[C@H]3O)[C@H]2O)[C@H](N)[C@@H](O)[C@@H]1O. The van der Waals surface area contributed by atoms with Crippen LogP contribution in [0.1, 0.15) is 19.8 Å². The number of carbonyl (C=O) groups excluding carboxylic acids is 1. The van der Waals surface area contributed by atoms with Gasteiger partial charge in [-0.05, 0) is 13.0 Å². The van der Waals surface area contributed by atoms with Crippen LogP contribution in [0.4, 0.5) is 0 Å². The zero-order valence-corrected chi connectivity index (χ0v) is 24.4. The Hall–Kier alpha value is -1.82. The number of carbonyl (C=O) groups is 1. The van der Waals surface area contributed by atoms with E-state index in [0.29, 0.717) is 6.54 Å². The highest BCUT2D eigenvalue weighted by atomic mass is 16.7. The lowest BCUT2D eigenvalue weighted by molar-refractivity contribution is -0.307. The summed E-state index contributed by atoms with van der Waals surface area (Å²) < 4.78 is 17.7. The average Bonchev–Trinajstić information content (AvgIpc) is 3.63. The van der Waals surface area contributed by atoms with Crippen LogP contribution in [-0.2, 0) is 19.0 Å². The topological polar surface area (TPSA) is 353 Å². The second-order valence-electron chi connectivity index (χ2n) is 12.1. The minimum Gasteiger partial charge on any atom is -0.394 e. The molecule has 2 saturated heterocycles. The molecule has 44 heavy (non-hydrogen) atoms. The molecule has 3 unspecified atom stereocenters. The van der Waals surface area contributed by atoms with Gasteiger partial charge in [0.15, 0.2) is 17.9 Å². The summed E-state index contributed by atoms with van der Waals surface area (Å²) in [7, 11) is 0. The molecule has 0 aromatic carbocycles. The van der Waals surface area contributed by atoms with E-state index in [1.165, 1.54) is 0 Å². The fraction of sp³-hybridized carbons (Fsp3) is 0.920. The van der Waals surface area contributed by atoms with Crippen molar-refractivity contribution in [1.29, 1.82) is 0 Å². The van der Waals surface area contributed by atoms with Crippen molar-refractivity contribution in [2.24, 2.45) is 39.6 Å². The molecular formula is C25H48N8O11. The van der Waals surface area contributed by atoms with Gasteiger partial charge in [0.25, 0.3) is 5.91 Å². The summed E-state index contributed by atoms with van der Waals surface area (Å²) in [6.45, 7) is 1.89. The lowest BCUT2D eigenvalue weighted by Gasteiger charge is -2.52. The van der Waals surface area contributed by atoms with Crippen LogP contribution in [0, 0.1) is 5.92 Å². The number of aliphatic hydroxyl groups is 7. The molecule has 19 N–H and O–H groups in total. The first-order valence-electron chi connectivity index (χ1n) is 14.7. The maximum absolute atomic E-state index is 13.2. The first-order chi connectivity index (χ1) is 20.7. The van der Waals surface area contributed by atoms with E-state index in [1.807, 2.05) is 6.92 Å². The van der Waals surface area contributed by atoms with Crippen molar-refractivity contribution in [3.63, 3.8) is 0 Å². The summed E-state index contributed by atoms with van der Waals surface area (Å²) >= 11 is 0. The Balaban J connectivity index is 1.62. The van der Waals surface area contributed by atoms with Gasteiger partial charge in [-0.1, -0.05) is 6.92 Å². The summed E-state index contributed by atoms with van der Waals surface area (Å²) in [5, 5.41) is 80.2. The third kappa shape index (κ3) is 6.81. The fourth-order valence-corrected chi connectivity index (χ4v) is 6.36. The van der Waals surface area contributed by atoms with E-state index in [9.17, 15) is 40.5 Å². The van der Waals surface area contributed by atoms with Gasteiger partial charge in [-0.2, -0.15) is 0 Å². The summed E-state index contributed by atoms with van der Waals surface area (Å²) in [4.78, 5) is 17.0. The van der Waals surface area contributed by atoms with Gasteiger partial charge in [-0.3, -0.25) is 4.79 Å². The third-order valence-electron chi connectivity index (χ3n) is 9.10. The Morgan fingerprint density at radius 3 is 2.27 bits per heavy atom. The zero-order chi connectivity index (χ0) is 32.7. The lowest BCUT2D eigenvalue weighted by Crippen LogP contribution is -2.72. The molecule has 19 heteroatoms. The van der Waals surface area contributed by atoms with Crippen LogP contribution in [0.25, 0.3) is 0 Å². The molecule has 2 saturated carbocycles. The molecule has 4 fully saturated rings. The van der Waals surface area contributed by atoms with Crippen LogP contribution in [0.3, 0.4) is 0 Å². The van der Waals surface area contributed by atoms with Crippen LogP contribution in [-0.4, -0.2) is 164 Å². The molecule has 2 heterocycles. The molecule has 254 valence electrons. The van der Waals surface area contributed by atoms with Gasteiger partial charge in [0, 0.05) is 24.9 Å². The molecule has 1 amide bonds. The Morgan fingerprint density at radius 2 is 1.66 bits per heavy atom. The minimum atomic E-state index is -1.94. The predicted molar refractivity (Wildman–Crippen MR) is 151 cm³/mol. The smallest absolute Gasteiger partial charge is 0.254 e. The van der Waals surface area contributed by atoms with Gasteiger partial charge in [-0.25, -0.2) is 4.99 Å². The molecule has 0 bridgehead atoms. The number of ether oxygens (including phenoxy) is 3. The molecule has 2 aliphatic heterocycles. The largest absolute Gasteiger partial charge is 0.394 e. The number of likely N-dealkylation sites (N-methyl/N-ethyl adjacent to an activating group) is 1. The molecular weight excluding hydrogens is 588 g/mol. The van der Waals surface area contributed by atoms with Crippen molar-refractivity contribution in [2.45, 2.75) is 117 Å². The first kappa shape index (κ1) is 35.0. The number of amides is 1. The molecule has 4 aliphatic rings. The van der Waals surface area contributed by atoms with Crippen LogP contribution in [0.5, 0.6) is 0 Å². The number of hydrogen-bond donors (Lipinski definition) is 14. The van der Waals surface area contributed by atoms with Crippen molar-refractivity contribution in [2.75, 3.05) is 19.7 Å². The van der Waals surface area contributed by atoms with Crippen molar-refractivity contribution < 1.29 is 54.8 Å². The molecule has 4 rings (SSSR count). The van der Waals surface area contributed by atoms with Gasteiger partial charge < -0.3 is 89.3 Å². The molecule has 17 atom stereocenters. The summed E-state index contributed by atoms with van der Waals surface area (Å²) in [6, 6.07) is -5.42. The van der Waals surface area contributed by atoms with Crippen molar-refractivity contribution in [1.82, 2.24) is 10.6 Å². The van der Waals surface area contributed by atoms with E-state index in [2.05, 4.69) is 15.6 Å². The number of hydrogen-bond acceptors (Lipinski definition) is 16. The van der Waals surface area contributed by atoms with Gasteiger partial charge in [0.2, 0.25) is 0 Å². The monoisotopic (exact) mass is 636 g/mol. The predicted octanol–water partition coefficient (Wildman–Crippen LogP) is -8.47. The van der Waals surface area contributed by atoms with Crippen molar-refractivity contribution in [3.8, 4) is 0 Å². The van der Waals surface area contributed by atoms with Crippen LogP contribution in [0.15, 0.2) is 4.99 Å². The number of aliphatic hydroxyl groups excluding tert-OH is 6. The quantitative estimate of drug-likeness (QED) is 0.0781. The molecule has 0 aromatic rings. The Morgan fingerprint density at radius 1 is 0.977 bits per heavy atom. The van der Waals surface area contributed by atoms with Crippen LogP contribution in [0.2, 0.25) is 0 Å². The fourth-order valence-electron chi connectivity index (χ4n) is 6.36. The highest BCUT2D eigenvalue weighted by Crippen LogP contribution is 2.41. The highest BCUT2D eigenvalue weighted by molar-refractivity contribution is 5.90. The average molecular weight is 637 g/mol. The van der Waals surface area contributed by atoms with E-state index in [1.54, 1.807) is 0 Å². The molecule has 19 nitrogen and oxygen atoms in total. The van der Waals surface area contributed by atoms with Gasteiger partial charge in [0.05, 0.1) is 49.1 Å². The Labute approximate surface area is 253 Å². The summed E-state index contributed by atoms with van der Waals surface area (Å²) in [6.07, 6.45) is -13.8. The maximum Gasteiger partial charge on any atom is 0.254 e. The second kappa shape index (κ2) is 13.9. The number of rotatable bonds is 10. The number of guanidine groups is 1. The van der Waals surface area contributed by atoms with Crippen molar-refractivity contribution >= 4 is 11.9 Å². The van der Waals surface area contributed by atoms with Gasteiger partial charge in [-0.15, -0.1) is 0 Å². The third-order valence-corrected chi connectivity index (χ3v) is 9.10. The first-order valence-corrected chi connectivity index (χ1v) is 14.7. The Bertz CT molecular complexity index is 1030. The van der Waals surface area contributed by atoms with Crippen LogP contribution >= 0.6 is 0 Å². The minimum absolute atomic E-state index is 0.0697. The normalized spacial score (nSPS) is 49.2.